The van der Waals surface area contributed by atoms with Gasteiger partial charge in [-0.1, -0.05) is 15.9 Å². The normalized spacial score (nSPS) is 10.3. The molecule has 0 aliphatic heterocycles. The quantitative estimate of drug-likeness (QED) is 0.695. The molecule has 0 atom stereocenters. The standard InChI is InChI=1S/C14H11BrFNO2/c1-19-13-5-2-8(6-12(13)16)14(18)10-7-9(17)3-4-11(10)15/h2-7H,17H2,1H3. The molecule has 2 aromatic rings. The van der Waals surface area contributed by atoms with Crippen LogP contribution in [-0.2, 0) is 0 Å². The van der Waals surface area contributed by atoms with Gasteiger partial charge in [-0.15, -0.1) is 0 Å². The van der Waals surface area contributed by atoms with Crippen molar-refractivity contribution in [1.29, 1.82) is 0 Å². The lowest BCUT2D eigenvalue weighted by Crippen LogP contribution is -2.04. The highest BCUT2D eigenvalue weighted by atomic mass is 79.9. The maximum Gasteiger partial charge on any atom is 0.194 e. The molecule has 0 heterocycles. The number of nitrogens with two attached hydrogens (primary N) is 1. The molecule has 0 saturated heterocycles. The Labute approximate surface area is 118 Å². The summed E-state index contributed by atoms with van der Waals surface area (Å²) in [6, 6.07) is 8.99. The zero-order valence-electron chi connectivity index (χ0n) is 10.1. The summed E-state index contributed by atoms with van der Waals surface area (Å²) in [5.41, 5.74) is 6.76. The molecule has 0 radical (unpaired) electrons. The number of ketones is 1. The number of hydrogen-bond acceptors (Lipinski definition) is 3. The second-order valence-electron chi connectivity index (χ2n) is 3.92. The average molecular weight is 324 g/mol. The number of hydrogen-bond donors (Lipinski definition) is 1. The highest BCUT2D eigenvalue weighted by molar-refractivity contribution is 9.10. The van der Waals surface area contributed by atoms with Gasteiger partial charge >= 0.3 is 0 Å². The molecule has 2 N–H and O–H groups in total. The first-order valence-corrected chi connectivity index (χ1v) is 6.25. The first-order valence-electron chi connectivity index (χ1n) is 5.46. The Morgan fingerprint density at radius 3 is 2.63 bits per heavy atom. The second-order valence-corrected chi connectivity index (χ2v) is 4.77. The van der Waals surface area contributed by atoms with E-state index in [1.54, 1.807) is 18.2 Å². The Bertz CT molecular complexity index is 643. The molecule has 0 aliphatic rings. The molecule has 0 aromatic heterocycles. The topological polar surface area (TPSA) is 52.3 Å². The molecule has 0 bridgehead atoms. The van der Waals surface area contributed by atoms with Crippen LogP contribution in [0.3, 0.4) is 0 Å². The van der Waals surface area contributed by atoms with Gasteiger partial charge in [-0.25, -0.2) is 4.39 Å². The molecule has 0 unspecified atom stereocenters. The number of benzene rings is 2. The number of methoxy groups -OCH3 is 1. The number of nitrogen functional groups attached to an aromatic ring is 1. The van der Waals surface area contributed by atoms with E-state index in [1.807, 2.05) is 0 Å². The van der Waals surface area contributed by atoms with Crippen molar-refractivity contribution >= 4 is 27.4 Å². The Morgan fingerprint density at radius 1 is 1.26 bits per heavy atom. The van der Waals surface area contributed by atoms with Crippen LogP contribution in [0.1, 0.15) is 15.9 Å². The maximum atomic E-state index is 13.6. The summed E-state index contributed by atoms with van der Waals surface area (Å²) >= 11 is 3.28. The van der Waals surface area contributed by atoms with Gasteiger partial charge in [-0.2, -0.15) is 0 Å². The molecule has 0 fully saturated rings. The summed E-state index contributed by atoms with van der Waals surface area (Å²) in [6.07, 6.45) is 0. The maximum absolute atomic E-state index is 13.6. The van der Waals surface area contributed by atoms with Crippen molar-refractivity contribution in [3.63, 3.8) is 0 Å². The van der Waals surface area contributed by atoms with Crippen LogP contribution in [0, 0.1) is 5.82 Å². The van der Waals surface area contributed by atoms with Crippen molar-refractivity contribution < 1.29 is 13.9 Å². The zero-order chi connectivity index (χ0) is 14.0. The first kappa shape index (κ1) is 13.5. The lowest BCUT2D eigenvalue weighted by molar-refractivity contribution is 0.103. The van der Waals surface area contributed by atoms with Gasteiger partial charge in [0.15, 0.2) is 17.3 Å². The minimum Gasteiger partial charge on any atom is -0.494 e. The van der Waals surface area contributed by atoms with Crippen molar-refractivity contribution in [2.45, 2.75) is 0 Å². The van der Waals surface area contributed by atoms with Gasteiger partial charge in [0.1, 0.15) is 0 Å². The summed E-state index contributed by atoms with van der Waals surface area (Å²) in [7, 11) is 1.37. The Balaban J connectivity index is 2.44. The minimum atomic E-state index is -0.576. The third-order valence-electron chi connectivity index (χ3n) is 2.65. The third kappa shape index (κ3) is 2.76. The van der Waals surface area contributed by atoms with Gasteiger partial charge in [-0.3, -0.25) is 4.79 Å². The molecule has 0 aliphatic carbocycles. The molecule has 5 heteroatoms. The highest BCUT2D eigenvalue weighted by Gasteiger charge is 2.15. The zero-order valence-corrected chi connectivity index (χ0v) is 11.7. The van der Waals surface area contributed by atoms with Crippen molar-refractivity contribution in [3.05, 3.63) is 57.8 Å². The van der Waals surface area contributed by atoms with E-state index in [2.05, 4.69) is 15.9 Å². The number of rotatable bonds is 3. The molecule has 0 spiro atoms. The number of halogens is 2. The van der Waals surface area contributed by atoms with Crippen LogP contribution in [0.25, 0.3) is 0 Å². The lowest BCUT2D eigenvalue weighted by Gasteiger charge is -2.07. The molecule has 2 rings (SSSR count). The van der Waals surface area contributed by atoms with Gasteiger partial charge < -0.3 is 10.5 Å². The number of ether oxygens (including phenoxy) is 1. The SMILES string of the molecule is COc1ccc(C(=O)c2cc(N)ccc2Br)cc1F. The van der Waals surface area contributed by atoms with Crippen LogP contribution in [0.4, 0.5) is 10.1 Å². The molecule has 19 heavy (non-hydrogen) atoms. The van der Waals surface area contributed by atoms with Crippen LogP contribution >= 0.6 is 15.9 Å². The Hall–Kier alpha value is -1.88. The molecular weight excluding hydrogens is 313 g/mol. The van der Waals surface area contributed by atoms with Crippen molar-refractivity contribution in [2.24, 2.45) is 0 Å². The predicted molar refractivity (Wildman–Crippen MR) is 74.9 cm³/mol. The summed E-state index contributed by atoms with van der Waals surface area (Å²) in [5.74, 6) is -0.780. The largest absolute Gasteiger partial charge is 0.494 e. The van der Waals surface area contributed by atoms with E-state index < -0.39 is 5.82 Å². The highest BCUT2D eigenvalue weighted by Crippen LogP contribution is 2.25. The predicted octanol–water partition coefficient (Wildman–Crippen LogP) is 3.41. The summed E-state index contributed by atoms with van der Waals surface area (Å²) in [4.78, 5) is 12.3. The monoisotopic (exact) mass is 323 g/mol. The Kier molecular flexibility index (Phi) is 3.85. The van der Waals surface area contributed by atoms with Crippen molar-refractivity contribution in [2.75, 3.05) is 12.8 Å². The minimum absolute atomic E-state index is 0.100. The van der Waals surface area contributed by atoms with Crippen molar-refractivity contribution in [1.82, 2.24) is 0 Å². The van der Waals surface area contributed by atoms with Crippen LogP contribution < -0.4 is 10.5 Å². The number of carbonyl (C=O) groups is 1. The molecular formula is C14H11BrFNO2. The molecule has 3 nitrogen and oxygen atoms in total. The Morgan fingerprint density at radius 2 is 2.00 bits per heavy atom. The average Bonchev–Trinajstić information content (AvgIpc) is 2.40. The van der Waals surface area contributed by atoms with Gasteiger partial charge in [0.2, 0.25) is 0 Å². The molecule has 0 saturated carbocycles. The fraction of sp³-hybridized carbons (Fsp3) is 0.0714. The van der Waals surface area contributed by atoms with E-state index in [0.717, 1.165) is 6.07 Å². The van der Waals surface area contributed by atoms with E-state index in [4.69, 9.17) is 10.5 Å². The third-order valence-corrected chi connectivity index (χ3v) is 3.34. The van der Waals surface area contributed by atoms with Crippen LogP contribution in [0.5, 0.6) is 5.75 Å². The summed E-state index contributed by atoms with van der Waals surface area (Å²) < 4.78 is 19.0. The number of anilines is 1. The number of carbonyl (C=O) groups excluding carboxylic acids is 1. The van der Waals surface area contributed by atoms with Crippen LogP contribution in [0.2, 0.25) is 0 Å². The van der Waals surface area contributed by atoms with E-state index in [0.29, 0.717) is 15.7 Å². The second kappa shape index (κ2) is 5.40. The fourth-order valence-corrected chi connectivity index (χ4v) is 2.11. The van der Waals surface area contributed by atoms with Crippen LogP contribution in [0.15, 0.2) is 40.9 Å². The van der Waals surface area contributed by atoms with Gasteiger partial charge in [0.25, 0.3) is 0 Å². The fourth-order valence-electron chi connectivity index (χ4n) is 1.68. The van der Waals surface area contributed by atoms with Gasteiger partial charge in [0.05, 0.1) is 7.11 Å². The van der Waals surface area contributed by atoms with E-state index in [-0.39, 0.29) is 17.1 Å². The van der Waals surface area contributed by atoms with E-state index >= 15 is 0 Å². The molecule has 2 aromatic carbocycles. The first-order chi connectivity index (χ1) is 9.02. The van der Waals surface area contributed by atoms with Gasteiger partial charge in [0, 0.05) is 21.3 Å². The summed E-state index contributed by atoms with van der Waals surface area (Å²) in [6.45, 7) is 0. The van der Waals surface area contributed by atoms with Crippen LogP contribution in [-0.4, -0.2) is 12.9 Å². The van der Waals surface area contributed by atoms with E-state index in [1.165, 1.54) is 19.2 Å². The summed E-state index contributed by atoms with van der Waals surface area (Å²) in [5, 5.41) is 0. The molecule has 98 valence electrons. The van der Waals surface area contributed by atoms with E-state index in [9.17, 15) is 9.18 Å². The molecule has 0 amide bonds. The smallest absolute Gasteiger partial charge is 0.194 e. The van der Waals surface area contributed by atoms with Crippen molar-refractivity contribution in [3.8, 4) is 5.75 Å². The van der Waals surface area contributed by atoms with Gasteiger partial charge in [-0.05, 0) is 36.4 Å². The lowest BCUT2D eigenvalue weighted by atomic mass is 10.0.